The third-order valence-electron chi connectivity index (χ3n) is 3.26. The number of aryl methyl sites for hydroxylation is 1. The number of methoxy groups -OCH3 is 1. The van der Waals surface area contributed by atoms with Crippen molar-refractivity contribution in [2.24, 2.45) is 0 Å². The van der Waals surface area contributed by atoms with Crippen LogP contribution in [0.5, 0.6) is 5.75 Å². The maximum Gasteiger partial charge on any atom is 0.227 e. The lowest BCUT2D eigenvalue weighted by molar-refractivity contribution is -0.121. The molecule has 0 aliphatic heterocycles. The number of hydrogen-bond donors (Lipinski definition) is 2. The minimum atomic E-state index is -0.0212. The zero-order chi connectivity index (χ0) is 16.5. The van der Waals surface area contributed by atoms with Crippen molar-refractivity contribution < 1.29 is 14.1 Å². The minimum absolute atomic E-state index is 0. The van der Waals surface area contributed by atoms with Gasteiger partial charge < -0.3 is 19.9 Å². The highest BCUT2D eigenvalue weighted by Gasteiger charge is 2.10. The maximum atomic E-state index is 11.7. The highest BCUT2D eigenvalue weighted by atomic mass is 35.5. The fourth-order valence-corrected chi connectivity index (χ4v) is 1.99. The first-order valence-corrected chi connectivity index (χ1v) is 7.67. The molecular weight excluding hydrogens is 332 g/mol. The number of hydrogen-bond acceptors (Lipinski definition) is 6. The van der Waals surface area contributed by atoms with Gasteiger partial charge in [0.25, 0.3) is 0 Å². The Labute approximate surface area is 147 Å². The molecule has 0 unspecified atom stereocenters. The molecule has 2 aromatic rings. The average Bonchev–Trinajstić information content (AvgIpc) is 3.06. The molecular formula is C16H23ClN4O3. The summed E-state index contributed by atoms with van der Waals surface area (Å²) in [5.74, 6) is 1.71. The molecule has 8 heteroatoms. The van der Waals surface area contributed by atoms with E-state index in [1.807, 2.05) is 31.2 Å². The van der Waals surface area contributed by atoms with Crippen molar-refractivity contribution in [2.45, 2.75) is 19.8 Å². The van der Waals surface area contributed by atoms with Gasteiger partial charge >= 0.3 is 0 Å². The Hall–Kier alpha value is -2.12. The quantitative estimate of drug-likeness (QED) is 0.668. The van der Waals surface area contributed by atoms with Crippen molar-refractivity contribution in [3.63, 3.8) is 0 Å². The first kappa shape index (κ1) is 19.9. The van der Waals surface area contributed by atoms with E-state index in [4.69, 9.17) is 9.26 Å². The summed E-state index contributed by atoms with van der Waals surface area (Å²) in [6.45, 7) is 4.31. The van der Waals surface area contributed by atoms with Crippen LogP contribution in [-0.4, -0.2) is 42.8 Å². The van der Waals surface area contributed by atoms with Crippen LogP contribution in [0.1, 0.15) is 19.2 Å². The SMILES string of the molecule is CCNCCNC(=O)CCc1nc(-c2ccc(OC)cc2)no1.Cl. The van der Waals surface area contributed by atoms with Crippen LogP contribution in [0.15, 0.2) is 28.8 Å². The van der Waals surface area contributed by atoms with Gasteiger partial charge in [0.1, 0.15) is 5.75 Å². The molecule has 0 radical (unpaired) electrons. The highest BCUT2D eigenvalue weighted by molar-refractivity contribution is 5.85. The van der Waals surface area contributed by atoms with Gasteiger partial charge in [0, 0.05) is 31.5 Å². The van der Waals surface area contributed by atoms with Crippen molar-refractivity contribution in [2.75, 3.05) is 26.7 Å². The van der Waals surface area contributed by atoms with Crippen LogP contribution in [0.4, 0.5) is 0 Å². The van der Waals surface area contributed by atoms with E-state index in [1.165, 1.54) is 0 Å². The van der Waals surface area contributed by atoms with Crippen LogP contribution in [0, 0.1) is 0 Å². The Balaban J connectivity index is 0.00000288. The first-order valence-electron chi connectivity index (χ1n) is 7.67. The average molecular weight is 355 g/mol. The number of aromatic nitrogens is 2. The number of halogens is 1. The molecule has 7 nitrogen and oxygen atoms in total. The molecule has 1 amide bonds. The number of nitrogens with one attached hydrogen (secondary N) is 2. The minimum Gasteiger partial charge on any atom is -0.497 e. The van der Waals surface area contributed by atoms with Crippen LogP contribution in [0.3, 0.4) is 0 Å². The van der Waals surface area contributed by atoms with E-state index in [-0.39, 0.29) is 18.3 Å². The fraction of sp³-hybridized carbons (Fsp3) is 0.438. The molecule has 132 valence electrons. The van der Waals surface area contributed by atoms with Gasteiger partial charge in [0.05, 0.1) is 7.11 Å². The van der Waals surface area contributed by atoms with E-state index >= 15 is 0 Å². The summed E-state index contributed by atoms with van der Waals surface area (Å²) >= 11 is 0. The van der Waals surface area contributed by atoms with E-state index in [1.54, 1.807) is 7.11 Å². The summed E-state index contributed by atoms with van der Waals surface area (Å²) in [6, 6.07) is 7.40. The van der Waals surface area contributed by atoms with Crippen molar-refractivity contribution in [3.8, 4) is 17.1 Å². The molecule has 0 spiro atoms. The lowest BCUT2D eigenvalue weighted by atomic mass is 10.2. The standard InChI is InChI=1S/C16H22N4O3.ClH/c1-3-17-10-11-18-14(21)8-9-15-19-16(20-23-15)12-4-6-13(22-2)7-5-12;/h4-7,17H,3,8-11H2,1-2H3,(H,18,21);1H. The lowest BCUT2D eigenvalue weighted by Crippen LogP contribution is -2.31. The third kappa shape index (κ3) is 6.17. The van der Waals surface area contributed by atoms with Gasteiger partial charge in [-0.1, -0.05) is 12.1 Å². The third-order valence-corrected chi connectivity index (χ3v) is 3.26. The molecule has 1 heterocycles. The zero-order valence-corrected chi connectivity index (χ0v) is 14.7. The van der Waals surface area contributed by atoms with Crippen LogP contribution in [0.25, 0.3) is 11.4 Å². The van der Waals surface area contributed by atoms with Gasteiger partial charge in [0.15, 0.2) is 0 Å². The van der Waals surface area contributed by atoms with E-state index in [0.29, 0.717) is 31.1 Å². The second-order valence-corrected chi connectivity index (χ2v) is 4.94. The van der Waals surface area contributed by atoms with Crippen molar-refractivity contribution >= 4 is 18.3 Å². The van der Waals surface area contributed by atoms with E-state index in [0.717, 1.165) is 24.4 Å². The zero-order valence-electron chi connectivity index (χ0n) is 13.9. The van der Waals surface area contributed by atoms with Crippen LogP contribution in [-0.2, 0) is 11.2 Å². The number of carbonyl (C=O) groups is 1. The van der Waals surface area contributed by atoms with Gasteiger partial charge in [-0.3, -0.25) is 4.79 Å². The number of likely N-dealkylation sites (N-methyl/N-ethyl adjacent to an activating group) is 1. The van der Waals surface area contributed by atoms with Crippen molar-refractivity contribution in [1.82, 2.24) is 20.8 Å². The summed E-state index contributed by atoms with van der Waals surface area (Å²) in [6.07, 6.45) is 0.757. The Kier molecular flexibility index (Phi) is 8.81. The molecule has 0 aliphatic rings. The van der Waals surface area contributed by atoms with Gasteiger partial charge in [0.2, 0.25) is 17.6 Å². The van der Waals surface area contributed by atoms with Gasteiger partial charge in [-0.25, -0.2) is 0 Å². The normalized spacial score (nSPS) is 10.1. The predicted molar refractivity (Wildman–Crippen MR) is 93.4 cm³/mol. The summed E-state index contributed by atoms with van der Waals surface area (Å²) in [5, 5.41) is 9.91. The van der Waals surface area contributed by atoms with Crippen molar-refractivity contribution in [1.29, 1.82) is 0 Å². The largest absolute Gasteiger partial charge is 0.497 e. The van der Waals surface area contributed by atoms with E-state index in [9.17, 15) is 4.79 Å². The highest BCUT2D eigenvalue weighted by Crippen LogP contribution is 2.19. The monoisotopic (exact) mass is 354 g/mol. The second-order valence-electron chi connectivity index (χ2n) is 4.94. The molecule has 0 fully saturated rings. The Morgan fingerprint density at radius 1 is 1.25 bits per heavy atom. The number of ether oxygens (including phenoxy) is 1. The summed E-state index contributed by atoms with van der Waals surface area (Å²) in [4.78, 5) is 16.0. The topological polar surface area (TPSA) is 89.3 Å². The Morgan fingerprint density at radius 2 is 2.00 bits per heavy atom. The molecule has 0 saturated carbocycles. The van der Waals surface area contributed by atoms with Crippen molar-refractivity contribution in [3.05, 3.63) is 30.2 Å². The molecule has 2 N–H and O–H groups in total. The molecule has 0 saturated heterocycles. The van der Waals surface area contributed by atoms with Crippen LogP contribution >= 0.6 is 12.4 Å². The number of benzene rings is 1. The van der Waals surface area contributed by atoms with Gasteiger partial charge in [-0.05, 0) is 30.8 Å². The second kappa shape index (κ2) is 10.6. The summed E-state index contributed by atoms with van der Waals surface area (Å²) in [5.41, 5.74) is 0.843. The number of amides is 1. The van der Waals surface area contributed by atoms with Crippen LogP contribution < -0.4 is 15.4 Å². The molecule has 2 rings (SSSR count). The Bertz CT molecular complexity index is 616. The molecule has 1 aromatic heterocycles. The van der Waals surface area contributed by atoms with Crippen LogP contribution in [0.2, 0.25) is 0 Å². The lowest BCUT2D eigenvalue weighted by Gasteiger charge is -2.04. The first-order chi connectivity index (χ1) is 11.2. The molecule has 0 aliphatic carbocycles. The van der Waals surface area contributed by atoms with Gasteiger partial charge in [-0.2, -0.15) is 4.98 Å². The molecule has 0 bridgehead atoms. The number of carbonyl (C=O) groups excluding carboxylic acids is 1. The predicted octanol–water partition coefficient (Wildman–Crippen LogP) is 1.83. The fourth-order valence-electron chi connectivity index (χ4n) is 1.99. The molecule has 0 atom stereocenters. The smallest absolute Gasteiger partial charge is 0.227 e. The van der Waals surface area contributed by atoms with E-state index in [2.05, 4.69) is 20.8 Å². The maximum absolute atomic E-state index is 11.7. The summed E-state index contributed by atoms with van der Waals surface area (Å²) < 4.78 is 10.3. The number of nitrogens with zero attached hydrogens (tertiary/aromatic N) is 2. The molecule has 1 aromatic carbocycles. The number of rotatable bonds is 9. The van der Waals surface area contributed by atoms with Gasteiger partial charge in [-0.15, -0.1) is 12.4 Å². The molecule has 24 heavy (non-hydrogen) atoms. The van der Waals surface area contributed by atoms with E-state index < -0.39 is 0 Å². The Morgan fingerprint density at radius 3 is 2.67 bits per heavy atom. The summed E-state index contributed by atoms with van der Waals surface area (Å²) in [7, 11) is 1.62.